The molecule has 304 valence electrons. The molecule has 1 aliphatic rings. The Bertz CT molecular complexity index is 1080. The highest BCUT2D eigenvalue weighted by Crippen LogP contribution is 2.24. The van der Waals surface area contributed by atoms with E-state index in [0.29, 0.717) is 12.8 Å². The normalized spacial score (nSPS) is 21.5. The summed E-state index contributed by atoms with van der Waals surface area (Å²) in [7, 11) is -4.60. The van der Waals surface area contributed by atoms with Crippen LogP contribution in [0.15, 0.2) is 24.3 Å². The summed E-state index contributed by atoms with van der Waals surface area (Å²) in [6.07, 6.45) is 20.9. The molecule has 6 unspecified atom stereocenters. The third kappa shape index (κ3) is 25.2. The van der Waals surface area contributed by atoms with Gasteiger partial charge >= 0.3 is 11.9 Å². The van der Waals surface area contributed by atoms with Crippen molar-refractivity contribution in [3.8, 4) is 0 Å². The monoisotopic (exact) mass is 762 g/mol. The molecule has 1 saturated heterocycles. The van der Waals surface area contributed by atoms with Gasteiger partial charge in [0.2, 0.25) is 0 Å². The lowest BCUT2D eigenvalue weighted by Crippen LogP contribution is -2.60. The second-order valence-corrected chi connectivity index (χ2v) is 15.4. The molecule has 52 heavy (non-hydrogen) atoms. The summed E-state index contributed by atoms with van der Waals surface area (Å²) in [6.45, 7) is 3.66. The van der Waals surface area contributed by atoms with Crippen molar-refractivity contribution in [2.45, 2.75) is 192 Å². The molecular weight excluding hydrogens is 692 g/mol. The van der Waals surface area contributed by atoms with Crippen LogP contribution in [0.5, 0.6) is 0 Å². The maximum Gasteiger partial charge on any atom is 0.306 e. The number of aliphatic hydroxyl groups excluding tert-OH is 3. The Morgan fingerprint density at radius 1 is 0.654 bits per heavy atom. The SMILES string of the molecule is CCCC/C=C\C/C=C\CCCCCCCC(=O)OC(COC(=O)CCCCCCCCCCCC)COC1OC(CS(=O)(=O)O)C(O)C(O)C1O. The molecule has 0 aromatic carbocycles. The molecule has 0 spiro atoms. The number of rotatable bonds is 32. The molecular formula is C39H70O12S. The van der Waals surface area contributed by atoms with Crippen LogP contribution in [0.1, 0.15) is 155 Å². The number of aliphatic hydroxyl groups is 3. The van der Waals surface area contributed by atoms with Crippen molar-refractivity contribution in [2.75, 3.05) is 19.0 Å². The molecule has 4 N–H and O–H groups in total. The fraction of sp³-hybridized carbons (Fsp3) is 0.846. The number of esters is 2. The van der Waals surface area contributed by atoms with E-state index < -0.39 is 71.2 Å². The molecule has 6 atom stereocenters. The maximum absolute atomic E-state index is 12.7. The van der Waals surface area contributed by atoms with Gasteiger partial charge in [-0.25, -0.2) is 0 Å². The number of hydrogen-bond acceptors (Lipinski definition) is 11. The van der Waals surface area contributed by atoms with Crippen LogP contribution in [0.3, 0.4) is 0 Å². The molecule has 1 rings (SSSR count). The van der Waals surface area contributed by atoms with Gasteiger partial charge in [0, 0.05) is 12.8 Å². The zero-order chi connectivity index (χ0) is 38.5. The fourth-order valence-corrected chi connectivity index (χ4v) is 6.56. The standard InChI is InChI=1S/C39H70O12S/c1-3-5-7-9-11-13-15-16-17-18-20-22-24-26-28-35(41)50-32(29-48-34(40)27-25-23-21-19-14-12-10-8-6-4-2)30-49-39-38(44)37(43)36(42)33(51-39)31-52(45,46)47/h9,11,15-16,32-33,36-39,42-44H,3-8,10,12-14,17-31H2,1-2H3,(H,45,46,47)/b11-9-,16-15-. The molecule has 13 heteroatoms. The Morgan fingerprint density at radius 2 is 1.17 bits per heavy atom. The maximum atomic E-state index is 12.7. The van der Waals surface area contributed by atoms with Crippen molar-refractivity contribution in [3.05, 3.63) is 24.3 Å². The number of unbranched alkanes of at least 4 members (excludes halogenated alkanes) is 16. The van der Waals surface area contributed by atoms with E-state index in [1.54, 1.807) is 0 Å². The van der Waals surface area contributed by atoms with Crippen LogP contribution >= 0.6 is 0 Å². The quantitative estimate of drug-likeness (QED) is 0.0241. The van der Waals surface area contributed by atoms with Gasteiger partial charge in [-0.05, 0) is 38.5 Å². The summed E-state index contributed by atoms with van der Waals surface area (Å²) < 4.78 is 53.8. The van der Waals surface area contributed by atoms with Gasteiger partial charge in [0.15, 0.2) is 12.4 Å². The van der Waals surface area contributed by atoms with Crippen LogP contribution in [-0.4, -0.2) is 96.0 Å². The Morgan fingerprint density at radius 3 is 1.75 bits per heavy atom. The highest BCUT2D eigenvalue weighted by Gasteiger charge is 2.46. The van der Waals surface area contributed by atoms with Crippen molar-refractivity contribution in [1.29, 1.82) is 0 Å². The van der Waals surface area contributed by atoms with E-state index in [2.05, 4.69) is 38.2 Å². The van der Waals surface area contributed by atoms with Crippen molar-refractivity contribution in [3.63, 3.8) is 0 Å². The van der Waals surface area contributed by atoms with Crippen LogP contribution < -0.4 is 0 Å². The Balaban J connectivity index is 2.53. The zero-order valence-electron chi connectivity index (χ0n) is 31.9. The van der Waals surface area contributed by atoms with Gasteiger partial charge in [-0.2, -0.15) is 8.42 Å². The Kier molecular flexibility index (Phi) is 28.2. The number of ether oxygens (including phenoxy) is 4. The minimum absolute atomic E-state index is 0.150. The molecule has 0 aromatic rings. The number of carbonyl (C=O) groups excluding carboxylic acids is 2. The smallest absolute Gasteiger partial charge is 0.306 e. The first-order valence-electron chi connectivity index (χ1n) is 19.9. The molecule has 1 heterocycles. The molecule has 1 fully saturated rings. The molecule has 0 radical (unpaired) electrons. The first-order chi connectivity index (χ1) is 25.0. The van der Waals surface area contributed by atoms with Crippen LogP contribution in [-0.2, 0) is 38.7 Å². The fourth-order valence-electron chi connectivity index (χ4n) is 5.87. The van der Waals surface area contributed by atoms with Crippen LogP contribution in [0.2, 0.25) is 0 Å². The lowest BCUT2D eigenvalue weighted by atomic mass is 10.00. The van der Waals surface area contributed by atoms with Gasteiger partial charge in [-0.3, -0.25) is 14.1 Å². The summed E-state index contributed by atoms with van der Waals surface area (Å²) in [6, 6.07) is 0. The van der Waals surface area contributed by atoms with Crippen LogP contribution in [0.25, 0.3) is 0 Å². The van der Waals surface area contributed by atoms with Gasteiger partial charge < -0.3 is 34.3 Å². The van der Waals surface area contributed by atoms with Crippen molar-refractivity contribution >= 4 is 22.1 Å². The molecule has 0 aromatic heterocycles. The summed E-state index contributed by atoms with van der Waals surface area (Å²) in [5, 5.41) is 30.7. The predicted octanol–water partition coefficient (Wildman–Crippen LogP) is 6.89. The molecule has 12 nitrogen and oxygen atoms in total. The Hall–Kier alpha value is -1.87. The van der Waals surface area contributed by atoms with E-state index in [-0.39, 0.29) is 19.4 Å². The molecule has 0 amide bonds. The number of hydrogen-bond donors (Lipinski definition) is 4. The van der Waals surface area contributed by atoms with Gasteiger partial charge in [0.05, 0.1) is 6.61 Å². The largest absolute Gasteiger partial charge is 0.462 e. The van der Waals surface area contributed by atoms with Crippen molar-refractivity contribution in [2.24, 2.45) is 0 Å². The van der Waals surface area contributed by atoms with Crippen molar-refractivity contribution in [1.82, 2.24) is 0 Å². The van der Waals surface area contributed by atoms with E-state index in [1.807, 2.05) is 0 Å². The van der Waals surface area contributed by atoms with Crippen LogP contribution in [0, 0.1) is 0 Å². The van der Waals surface area contributed by atoms with Gasteiger partial charge in [0.25, 0.3) is 10.1 Å². The minimum atomic E-state index is -4.60. The summed E-state index contributed by atoms with van der Waals surface area (Å²) in [5.41, 5.74) is 0. The third-order valence-corrected chi connectivity index (χ3v) is 9.78. The number of carbonyl (C=O) groups is 2. The van der Waals surface area contributed by atoms with E-state index in [9.17, 15) is 37.9 Å². The minimum Gasteiger partial charge on any atom is -0.462 e. The third-order valence-electron chi connectivity index (χ3n) is 9.03. The van der Waals surface area contributed by atoms with Crippen molar-refractivity contribution < 1.29 is 56.8 Å². The predicted molar refractivity (Wildman–Crippen MR) is 201 cm³/mol. The van der Waals surface area contributed by atoms with Gasteiger partial charge in [-0.1, -0.05) is 128 Å². The van der Waals surface area contributed by atoms with E-state index in [4.69, 9.17) is 18.9 Å². The lowest BCUT2D eigenvalue weighted by Gasteiger charge is -2.40. The topological polar surface area (TPSA) is 186 Å². The van der Waals surface area contributed by atoms with E-state index in [0.717, 1.165) is 64.2 Å². The molecule has 0 bridgehead atoms. The Labute approximate surface area is 313 Å². The van der Waals surface area contributed by atoms with Gasteiger partial charge in [0.1, 0.15) is 36.8 Å². The summed E-state index contributed by atoms with van der Waals surface area (Å²) in [5.74, 6) is -2.00. The number of allylic oxidation sites excluding steroid dienone is 4. The second kappa shape index (κ2) is 30.5. The van der Waals surface area contributed by atoms with Gasteiger partial charge in [-0.15, -0.1) is 0 Å². The summed E-state index contributed by atoms with van der Waals surface area (Å²) in [4.78, 5) is 25.2. The van der Waals surface area contributed by atoms with Crippen LogP contribution in [0.4, 0.5) is 0 Å². The summed E-state index contributed by atoms with van der Waals surface area (Å²) >= 11 is 0. The molecule has 0 saturated carbocycles. The average Bonchev–Trinajstić information content (AvgIpc) is 3.10. The first-order valence-corrected chi connectivity index (χ1v) is 21.5. The average molecular weight is 763 g/mol. The lowest BCUT2D eigenvalue weighted by molar-refractivity contribution is -0.297. The van der Waals surface area contributed by atoms with E-state index in [1.165, 1.54) is 51.4 Å². The van der Waals surface area contributed by atoms with E-state index >= 15 is 0 Å². The molecule has 0 aliphatic carbocycles. The first kappa shape index (κ1) is 48.1. The molecule has 1 aliphatic heterocycles. The highest BCUT2D eigenvalue weighted by atomic mass is 32.2. The second-order valence-electron chi connectivity index (χ2n) is 14.0. The zero-order valence-corrected chi connectivity index (χ0v) is 32.7. The highest BCUT2D eigenvalue weighted by molar-refractivity contribution is 7.85.